The van der Waals surface area contributed by atoms with Crippen LogP contribution in [0, 0.1) is 5.41 Å². The fourth-order valence-electron chi connectivity index (χ4n) is 4.02. The summed E-state index contributed by atoms with van der Waals surface area (Å²) in [5.74, 6) is 1.67. The van der Waals surface area contributed by atoms with Gasteiger partial charge in [0.15, 0.2) is 11.5 Å². The molecule has 0 heterocycles. The third-order valence-electron chi connectivity index (χ3n) is 5.27. The Kier molecular flexibility index (Phi) is 3.87. The zero-order valence-corrected chi connectivity index (χ0v) is 13.5. The number of methoxy groups -OCH3 is 2. The molecule has 116 valence electrons. The molecule has 2 saturated carbocycles. The van der Waals surface area contributed by atoms with E-state index >= 15 is 0 Å². The second-order valence-electron chi connectivity index (χ2n) is 6.88. The number of hydrogen-bond acceptors (Lipinski definition) is 3. The first-order chi connectivity index (χ1) is 10.2. The lowest BCUT2D eigenvalue weighted by Gasteiger charge is -2.49. The van der Waals surface area contributed by atoms with Gasteiger partial charge in [0, 0.05) is 12.0 Å². The Labute approximate surface area is 128 Å². The number of nitrogens with one attached hydrogen (secondary N) is 1. The number of rotatable bonds is 7. The van der Waals surface area contributed by atoms with Crippen LogP contribution in [0.4, 0.5) is 0 Å². The molecule has 1 spiro atoms. The third-order valence-corrected chi connectivity index (χ3v) is 5.27. The second kappa shape index (κ2) is 5.53. The van der Waals surface area contributed by atoms with E-state index in [2.05, 4.69) is 24.4 Å². The fourth-order valence-corrected chi connectivity index (χ4v) is 4.02. The van der Waals surface area contributed by atoms with E-state index in [9.17, 15) is 0 Å². The minimum absolute atomic E-state index is 0.297. The van der Waals surface area contributed by atoms with Crippen LogP contribution in [0.1, 0.15) is 44.6 Å². The van der Waals surface area contributed by atoms with Crippen LogP contribution in [0.3, 0.4) is 0 Å². The van der Waals surface area contributed by atoms with Gasteiger partial charge in [0.05, 0.1) is 14.2 Å². The highest BCUT2D eigenvalue weighted by molar-refractivity contribution is 5.47. The lowest BCUT2D eigenvalue weighted by atomic mass is 9.56. The molecule has 0 unspecified atom stereocenters. The third kappa shape index (κ3) is 2.64. The maximum Gasteiger partial charge on any atom is 0.161 e. The number of benzene rings is 1. The Hall–Kier alpha value is -1.22. The van der Waals surface area contributed by atoms with Gasteiger partial charge >= 0.3 is 0 Å². The van der Waals surface area contributed by atoms with E-state index in [1.165, 1.54) is 37.7 Å². The van der Waals surface area contributed by atoms with E-state index in [0.717, 1.165) is 24.6 Å². The van der Waals surface area contributed by atoms with Gasteiger partial charge in [0.1, 0.15) is 0 Å². The lowest BCUT2D eigenvalue weighted by molar-refractivity contribution is 0.116. The topological polar surface area (TPSA) is 30.5 Å². The van der Waals surface area contributed by atoms with Crippen LogP contribution in [0.2, 0.25) is 0 Å². The van der Waals surface area contributed by atoms with Gasteiger partial charge in [0.25, 0.3) is 0 Å². The van der Waals surface area contributed by atoms with Crippen molar-refractivity contribution in [3.63, 3.8) is 0 Å². The molecule has 0 aliphatic heterocycles. The normalized spacial score (nSPS) is 20.9. The van der Waals surface area contributed by atoms with E-state index in [1.807, 2.05) is 6.07 Å². The van der Waals surface area contributed by atoms with Gasteiger partial charge in [-0.3, -0.25) is 0 Å². The molecule has 2 aliphatic rings. The van der Waals surface area contributed by atoms with Crippen molar-refractivity contribution in [3.8, 4) is 11.5 Å². The lowest BCUT2D eigenvalue weighted by Crippen LogP contribution is -2.49. The molecule has 1 N–H and O–H groups in total. The first kappa shape index (κ1) is 14.7. The summed E-state index contributed by atoms with van der Waals surface area (Å²) in [5.41, 5.74) is 2.38. The molecule has 2 fully saturated rings. The zero-order valence-electron chi connectivity index (χ0n) is 13.5. The van der Waals surface area contributed by atoms with Crippen LogP contribution in [0.25, 0.3) is 0 Å². The van der Waals surface area contributed by atoms with Crippen molar-refractivity contribution >= 4 is 0 Å². The summed E-state index contributed by atoms with van der Waals surface area (Å²) in [4.78, 5) is 0. The van der Waals surface area contributed by atoms with E-state index in [1.54, 1.807) is 14.2 Å². The average molecular weight is 289 g/mol. The van der Waals surface area contributed by atoms with Gasteiger partial charge in [-0.2, -0.15) is 0 Å². The monoisotopic (exact) mass is 289 g/mol. The van der Waals surface area contributed by atoms with Gasteiger partial charge in [0.2, 0.25) is 0 Å². The molecule has 3 heteroatoms. The summed E-state index contributed by atoms with van der Waals surface area (Å²) in [7, 11) is 3.41. The highest BCUT2D eigenvalue weighted by Gasteiger charge is 2.61. The predicted octanol–water partition coefficient (Wildman–Crippen LogP) is 3.52. The van der Waals surface area contributed by atoms with Crippen LogP contribution in [0.15, 0.2) is 18.2 Å². The molecule has 0 aromatic heterocycles. The van der Waals surface area contributed by atoms with Crippen molar-refractivity contribution in [2.24, 2.45) is 5.41 Å². The van der Waals surface area contributed by atoms with Gasteiger partial charge in [-0.05, 0) is 61.8 Å². The SMILES string of the molecule is CCCNCC1(c2ccc(OC)c(OC)c2)CC2(CC2)C1. The second-order valence-corrected chi connectivity index (χ2v) is 6.88. The minimum atomic E-state index is 0.297. The Morgan fingerprint density at radius 3 is 2.38 bits per heavy atom. The summed E-state index contributed by atoms with van der Waals surface area (Å²) in [5, 5.41) is 3.64. The van der Waals surface area contributed by atoms with E-state index < -0.39 is 0 Å². The van der Waals surface area contributed by atoms with E-state index in [0.29, 0.717) is 10.8 Å². The summed E-state index contributed by atoms with van der Waals surface area (Å²) < 4.78 is 10.9. The number of hydrogen-bond donors (Lipinski definition) is 1. The molecule has 0 atom stereocenters. The molecule has 2 aliphatic carbocycles. The van der Waals surface area contributed by atoms with Crippen LogP contribution >= 0.6 is 0 Å². The van der Waals surface area contributed by atoms with Crippen molar-refractivity contribution in [1.82, 2.24) is 5.32 Å². The molecule has 21 heavy (non-hydrogen) atoms. The maximum absolute atomic E-state index is 5.49. The van der Waals surface area contributed by atoms with Gasteiger partial charge < -0.3 is 14.8 Å². The quantitative estimate of drug-likeness (QED) is 0.779. The molecule has 0 bridgehead atoms. The van der Waals surface area contributed by atoms with Crippen molar-refractivity contribution in [1.29, 1.82) is 0 Å². The fraction of sp³-hybridized carbons (Fsp3) is 0.667. The number of ether oxygens (including phenoxy) is 2. The minimum Gasteiger partial charge on any atom is -0.493 e. The molecule has 3 nitrogen and oxygen atoms in total. The van der Waals surface area contributed by atoms with Crippen LogP contribution < -0.4 is 14.8 Å². The molecule has 1 aromatic carbocycles. The highest BCUT2D eigenvalue weighted by Crippen LogP contribution is 2.68. The highest BCUT2D eigenvalue weighted by atomic mass is 16.5. The van der Waals surface area contributed by atoms with Crippen LogP contribution in [-0.2, 0) is 5.41 Å². The van der Waals surface area contributed by atoms with Crippen LogP contribution in [0.5, 0.6) is 11.5 Å². The largest absolute Gasteiger partial charge is 0.493 e. The molecule has 3 rings (SSSR count). The molecular weight excluding hydrogens is 262 g/mol. The molecular formula is C18H27NO2. The Balaban J connectivity index is 1.82. The Morgan fingerprint density at radius 2 is 1.81 bits per heavy atom. The van der Waals surface area contributed by atoms with Crippen molar-refractivity contribution < 1.29 is 9.47 Å². The average Bonchev–Trinajstić information content (AvgIpc) is 3.26. The van der Waals surface area contributed by atoms with Crippen molar-refractivity contribution in [2.45, 2.75) is 44.4 Å². The van der Waals surface area contributed by atoms with E-state index in [-0.39, 0.29) is 0 Å². The van der Waals surface area contributed by atoms with Crippen LogP contribution in [-0.4, -0.2) is 27.3 Å². The standard InChI is InChI=1S/C18H27NO2/c1-4-9-19-13-18(11-17(12-18)7-8-17)14-5-6-15(20-2)16(10-14)21-3/h5-6,10,19H,4,7-9,11-13H2,1-3H3. The molecule has 1 aromatic rings. The molecule has 0 amide bonds. The first-order valence-electron chi connectivity index (χ1n) is 8.10. The van der Waals surface area contributed by atoms with E-state index in [4.69, 9.17) is 9.47 Å². The summed E-state index contributed by atoms with van der Waals surface area (Å²) in [6.07, 6.45) is 6.69. The summed E-state index contributed by atoms with van der Waals surface area (Å²) >= 11 is 0. The zero-order chi connectivity index (χ0) is 14.9. The van der Waals surface area contributed by atoms with Gasteiger partial charge in [-0.25, -0.2) is 0 Å². The summed E-state index contributed by atoms with van der Waals surface area (Å²) in [6.45, 7) is 4.40. The van der Waals surface area contributed by atoms with Gasteiger partial charge in [-0.1, -0.05) is 13.0 Å². The summed E-state index contributed by atoms with van der Waals surface area (Å²) in [6, 6.07) is 6.46. The Bertz CT molecular complexity index is 500. The van der Waals surface area contributed by atoms with Gasteiger partial charge in [-0.15, -0.1) is 0 Å². The van der Waals surface area contributed by atoms with Crippen molar-refractivity contribution in [2.75, 3.05) is 27.3 Å². The Morgan fingerprint density at radius 1 is 1.10 bits per heavy atom. The maximum atomic E-state index is 5.49. The molecule has 0 radical (unpaired) electrons. The van der Waals surface area contributed by atoms with Crippen molar-refractivity contribution in [3.05, 3.63) is 23.8 Å². The smallest absolute Gasteiger partial charge is 0.161 e. The first-order valence-corrected chi connectivity index (χ1v) is 8.10. The predicted molar refractivity (Wildman–Crippen MR) is 85.3 cm³/mol. The molecule has 0 saturated heterocycles.